The smallest absolute Gasteiger partial charge is 0.257 e. The van der Waals surface area contributed by atoms with Gasteiger partial charge in [-0.2, -0.15) is 0 Å². The number of benzene rings is 1. The first-order valence-corrected chi connectivity index (χ1v) is 7.78. The molecule has 0 radical (unpaired) electrons. The summed E-state index contributed by atoms with van der Waals surface area (Å²) in [6, 6.07) is 7.15. The van der Waals surface area contributed by atoms with Crippen LogP contribution in [0.5, 0.6) is 0 Å². The van der Waals surface area contributed by atoms with Crippen LogP contribution in [-0.2, 0) is 0 Å². The van der Waals surface area contributed by atoms with Gasteiger partial charge in [0.25, 0.3) is 5.91 Å². The predicted molar refractivity (Wildman–Crippen MR) is 83.9 cm³/mol. The van der Waals surface area contributed by atoms with Crippen molar-refractivity contribution in [2.24, 2.45) is 0 Å². The largest absolute Gasteiger partial charge is 0.322 e. The summed E-state index contributed by atoms with van der Waals surface area (Å²) < 4.78 is 1.71. The third kappa shape index (κ3) is 3.15. The summed E-state index contributed by atoms with van der Waals surface area (Å²) >= 11 is 14.1. The zero-order valence-corrected chi connectivity index (χ0v) is 14.0. The molecule has 2 rings (SSSR count). The molecule has 2 aromatic rings. The van der Waals surface area contributed by atoms with Crippen LogP contribution in [0.2, 0.25) is 5.02 Å². The van der Waals surface area contributed by atoms with Crippen LogP contribution in [0.25, 0.3) is 0 Å². The first-order chi connectivity index (χ1) is 8.47. The van der Waals surface area contributed by atoms with Crippen molar-refractivity contribution >= 4 is 66.4 Å². The molecular weight excluding hydrogens is 401 g/mol. The molecule has 1 N–H and O–H groups in total. The number of hydrogen-bond donors (Lipinski definition) is 1. The average Bonchev–Trinajstić information content (AvgIpc) is 2.62. The number of thiophene rings is 1. The summed E-state index contributed by atoms with van der Waals surface area (Å²) in [5, 5.41) is 3.52. The second-order valence-corrected chi connectivity index (χ2v) is 7.84. The van der Waals surface area contributed by atoms with Crippen LogP contribution in [-0.4, -0.2) is 5.91 Å². The molecule has 0 spiro atoms. The average molecular weight is 410 g/mol. The van der Waals surface area contributed by atoms with Crippen LogP contribution in [0.15, 0.2) is 31.8 Å². The van der Waals surface area contributed by atoms with Crippen LogP contribution in [0.1, 0.15) is 15.9 Å². The van der Waals surface area contributed by atoms with Crippen LogP contribution in [0.3, 0.4) is 0 Å². The van der Waals surface area contributed by atoms with Gasteiger partial charge >= 0.3 is 0 Å². The normalized spacial score (nSPS) is 10.4. The molecule has 0 fully saturated rings. The van der Waals surface area contributed by atoms with E-state index < -0.39 is 0 Å². The number of anilines is 1. The summed E-state index contributed by atoms with van der Waals surface area (Å²) in [6.07, 6.45) is 0. The quantitative estimate of drug-likeness (QED) is 0.698. The molecule has 0 aliphatic rings. The molecule has 2 nitrogen and oxygen atoms in total. The highest BCUT2D eigenvalue weighted by Gasteiger charge is 2.14. The first-order valence-electron chi connectivity index (χ1n) is 4.99. The van der Waals surface area contributed by atoms with Crippen molar-refractivity contribution in [2.45, 2.75) is 6.92 Å². The van der Waals surface area contributed by atoms with Gasteiger partial charge in [0.15, 0.2) is 0 Å². The van der Waals surface area contributed by atoms with E-state index in [0.717, 1.165) is 18.8 Å². The maximum atomic E-state index is 12.1. The van der Waals surface area contributed by atoms with Crippen molar-refractivity contribution in [1.29, 1.82) is 0 Å². The molecule has 0 aliphatic heterocycles. The molecule has 94 valence electrons. The molecule has 1 aromatic carbocycles. The molecule has 0 saturated carbocycles. The fourth-order valence-electron chi connectivity index (χ4n) is 1.45. The Morgan fingerprint density at radius 1 is 1.33 bits per heavy atom. The zero-order chi connectivity index (χ0) is 13.3. The van der Waals surface area contributed by atoms with Crippen molar-refractivity contribution in [3.63, 3.8) is 0 Å². The van der Waals surface area contributed by atoms with Gasteiger partial charge in [-0.25, -0.2) is 0 Å². The van der Waals surface area contributed by atoms with E-state index in [2.05, 4.69) is 37.2 Å². The van der Waals surface area contributed by atoms with Crippen molar-refractivity contribution < 1.29 is 4.79 Å². The minimum atomic E-state index is -0.144. The lowest BCUT2D eigenvalue weighted by Crippen LogP contribution is -2.12. The molecule has 0 aliphatic carbocycles. The fraction of sp³-hybridized carbons (Fsp3) is 0.0833. The Morgan fingerprint density at radius 3 is 2.61 bits per heavy atom. The van der Waals surface area contributed by atoms with Gasteiger partial charge in [-0.05, 0) is 68.6 Å². The van der Waals surface area contributed by atoms with Gasteiger partial charge in [0, 0.05) is 10.7 Å². The number of nitrogens with one attached hydrogen (secondary N) is 1. The van der Waals surface area contributed by atoms with Crippen molar-refractivity contribution in [3.8, 4) is 0 Å². The van der Waals surface area contributed by atoms with Crippen LogP contribution < -0.4 is 5.32 Å². The topological polar surface area (TPSA) is 29.1 Å². The third-order valence-corrected chi connectivity index (χ3v) is 4.91. The Balaban J connectivity index is 2.24. The summed E-state index contributed by atoms with van der Waals surface area (Å²) in [5.41, 5.74) is 2.31. The molecule has 1 amide bonds. The summed E-state index contributed by atoms with van der Waals surface area (Å²) in [4.78, 5) is 12.1. The number of carbonyl (C=O) groups excluding carboxylic acids is 1. The van der Waals surface area contributed by atoms with Gasteiger partial charge in [0.1, 0.15) is 0 Å². The van der Waals surface area contributed by atoms with Gasteiger partial charge in [0.2, 0.25) is 0 Å². The number of rotatable bonds is 2. The van der Waals surface area contributed by atoms with Crippen LogP contribution in [0, 0.1) is 6.92 Å². The summed E-state index contributed by atoms with van der Waals surface area (Å²) in [7, 11) is 0. The minimum Gasteiger partial charge on any atom is -0.322 e. The molecular formula is C12H8Br2ClNOS. The van der Waals surface area contributed by atoms with E-state index >= 15 is 0 Å². The standard InChI is InChI=1S/C12H8Br2ClNOS/c1-6-4-7(15)2-3-9(6)16-12(17)8-5-10(13)18-11(8)14/h2-5H,1H3,(H,16,17). The van der Waals surface area contributed by atoms with Gasteiger partial charge < -0.3 is 5.32 Å². The molecule has 1 heterocycles. The molecule has 0 atom stereocenters. The highest BCUT2D eigenvalue weighted by Crippen LogP contribution is 2.32. The maximum Gasteiger partial charge on any atom is 0.257 e. The number of hydrogen-bond acceptors (Lipinski definition) is 2. The second-order valence-electron chi connectivity index (χ2n) is 3.65. The van der Waals surface area contributed by atoms with Crippen molar-refractivity contribution in [3.05, 3.63) is 48.0 Å². The number of aryl methyl sites for hydroxylation is 1. The Labute approximate surface area is 131 Å². The van der Waals surface area contributed by atoms with Gasteiger partial charge in [-0.15, -0.1) is 11.3 Å². The third-order valence-electron chi connectivity index (χ3n) is 2.34. The highest BCUT2D eigenvalue weighted by molar-refractivity contribution is 9.12. The Bertz CT molecular complexity index is 612. The first kappa shape index (κ1) is 14.1. The lowest BCUT2D eigenvalue weighted by molar-refractivity contribution is 0.102. The van der Waals surface area contributed by atoms with E-state index in [1.807, 2.05) is 13.0 Å². The minimum absolute atomic E-state index is 0.144. The Kier molecular flexibility index (Phi) is 4.48. The van der Waals surface area contributed by atoms with Gasteiger partial charge in [-0.1, -0.05) is 11.6 Å². The highest BCUT2D eigenvalue weighted by atomic mass is 79.9. The zero-order valence-electron chi connectivity index (χ0n) is 9.26. The van der Waals surface area contributed by atoms with E-state index in [1.165, 1.54) is 11.3 Å². The Hall–Kier alpha value is -0.360. The SMILES string of the molecule is Cc1cc(Cl)ccc1NC(=O)c1cc(Br)sc1Br. The molecule has 0 saturated heterocycles. The molecule has 1 aromatic heterocycles. The molecule has 6 heteroatoms. The maximum absolute atomic E-state index is 12.1. The molecule has 18 heavy (non-hydrogen) atoms. The number of amides is 1. The summed E-state index contributed by atoms with van der Waals surface area (Å²) in [6.45, 7) is 1.90. The van der Waals surface area contributed by atoms with Gasteiger partial charge in [-0.3, -0.25) is 4.79 Å². The van der Waals surface area contributed by atoms with Gasteiger partial charge in [0.05, 0.1) is 13.1 Å². The second kappa shape index (κ2) is 5.74. The van der Waals surface area contributed by atoms with E-state index in [0.29, 0.717) is 10.6 Å². The number of carbonyl (C=O) groups is 1. The van der Waals surface area contributed by atoms with E-state index in [9.17, 15) is 4.79 Å². The lowest BCUT2D eigenvalue weighted by atomic mass is 10.2. The van der Waals surface area contributed by atoms with Crippen LogP contribution in [0.4, 0.5) is 5.69 Å². The van der Waals surface area contributed by atoms with E-state index in [-0.39, 0.29) is 5.91 Å². The number of halogens is 3. The molecule has 0 unspecified atom stereocenters. The van der Waals surface area contributed by atoms with E-state index in [1.54, 1.807) is 18.2 Å². The monoisotopic (exact) mass is 407 g/mol. The Morgan fingerprint density at radius 2 is 2.06 bits per heavy atom. The fourth-order valence-corrected chi connectivity index (χ4v) is 4.47. The summed E-state index contributed by atoms with van der Waals surface area (Å²) in [5.74, 6) is -0.144. The van der Waals surface area contributed by atoms with Crippen molar-refractivity contribution in [1.82, 2.24) is 0 Å². The van der Waals surface area contributed by atoms with Crippen LogP contribution >= 0.6 is 54.8 Å². The van der Waals surface area contributed by atoms with Crippen molar-refractivity contribution in [2.75, 3.05) is 5.32 Å². The predicted octanol–water partition coefficient (Wildman–Crippen LogP) is 5.49. The lowest BCUT2D eigenvalue weighted by Gasteiger charge is -2.08. The van der Waals surface area contributed by atoms with E-state index in [4.69, 9.17) is 11.6 Å². The molecule has 0 bridgehead atoms.